The van der Waals surface area contributed by atoms with Gasteiger partial charge in [-0.3, -0.25) is 4.79 Å². The third-order valence-electron chi connectivity index (χ3n) is 2.75. The number of thioether (sulfide) groups is 1. The molecular formula is C16H14N2O2S. The Bertz CT molecular complexity index is 663. The lowest BCUT2D eigenvalue weighted by Crippen LogP contribution is -2.20. The van der Waals surface area contributed by atoms with E-state index in [1.165, 1.54) is 0 Å². The molecule has 0 bridgehead atoms. The van der Waals surface area contributed by atoms with Crippen molar-refractivity contribution in [1.82, 2.24) is 0 Å². The second kappa shape index (κ2) is 7.36. The van der Waals surface area contributed by atoms with Crippen LogP contribution in [0.4, 0.5) is 5.69 Å². The van der Waals surface area contributed by atoms with Gasteiger partial charge in [-0.25, -0.2) is 0 Å². The average Bonchev–Trinajstić information content (AvgIpc) is 2.54. The largest absolute Gasteiger partial charge is 0.484 e. The van der Waals surface area contributed by atoms with Gasteiger partial charge in [0, 0.05) is 4.90 Å². The predicted octanol–water partition coefficient (Wildman–Crippen LogP) is 3.30. The molecule has 4 nitrogen and oxygen atoms in total. The van der Waals surface area contributed by atoms with E-state index in [1.54, 1.807) is 36.0 Å². The fourth-order valence-electron chi connectivity index (χ4n) is 1.70. The van der Waals surface area contributed by atoms with Crippen molar-refractivity contribution in [2.45, 2.75) is 4.90 Å². The molecule has 0 heterocycles. The summed E-state index contributed by atoms with van der Waals surface area (Å²) in [6.07, 6.45) is 2.00. The van der Waals surface area contributed by atoms with Gasteiger partial charge in [-0.05, 0) is 42.7 Å². The first-order valence-corrected chi connectivity index (χ1v) is 7.51. The van der Waals surface area contributed by atoms with E-state index in [-0.39, 0.29) is 12.5 Å². The lowest BCUT2D eigenvalue weighted by molar-refractivity contribution is -0.118. The summed E-state index contributed by atoms with van der Waals surface area (Å²) in [4.78, 5) is 13.0. The molecule has 106 valence electrons. The van der Waals surface area contributed by atoms with E-state index in [4.69, 9.17) is 10.00 Å². The van der Waals surface area contributed by atoms with Gasteiger partial charge < -0.3 is 10.1 Å². The zero-order valence-corrected chi connectivity index (χ0v) is 12.3. The number of nitriles is 1. The normalized spacial score (nSPS) is 9.71. The Labute approximate surface area is 127 Å². The lowest BCUT2D eigenvalue weighted by Gasteiger charge is -2.08. The van der Waals surface area contributed by atoms with Gasteiger partial charge >= 0.3 is 0 Å². The Morgan fingerprint density at radius 3 is 2.62 bits per heavy atom. The van der Waals surface area contributed by atoms with Crippen LogP contribution in [0.1, 0.15) is 5.56 Å². The number of ether oxygens (including phenoxy) is 1. The van der Waals surface area contributed by atoms with E-state index in [0.29, 0.717) is 17.0 Å². The SMILES string of the molecule is CSc1ccc(OCC(=O)Nc2ccccc2C#N)cc1. The first-order chi connectivity index (χ1) is 10.2. The lowest BCUT2D eigenvalue weighted by atomic mass is 10.2. The van der Waals surface area contributed by atoms with Gasteiger partial charge in [0.1, 0.15) is 11.8 Å². The van der Waals surface area contributed by atoms with Crippen LogP contribution < -0.4 is 10.1 Å². The summed E-state index contributed by atoms with van der Waals surface area (Å²) in [7, 11) is 0. The molecule has 0 radical (unpaired) electrons. The number of hydrogen-bond acceptors (Lipinski definition) is 4. The molecule has 0 aliphatic rings. The van der Waals surface area contributed by atoms with Gasteiger partial charge in [0.05, 0.1) is 11.3 Å². The van der Waals surface area contributed by atoms with E-state index in [0.717, 1.165) is 4.90 Å². The van der Waals surface area contributed by atoms with Crippen LogP contribution in [0.3, 0.4) is 0 Å². The minimum absolute atomic E-state index is 0.0988. The van der Waals surface area contributed by atoms with E-state index in [1.807, 2.05) is 36.6 Å². The van der Waals surface area contributed by atoms with E-state index < -0.39 is 0 Å². The van der Waals surface area contributed by atoms with Crippen LogP contribution in [0.2, 0.25) is 0 Å². The third kappa shape index (κ3) is 4.26. The number of nitrogens with one attached hydrogen (secondary N) is 1. The number of carbonyl (C=O) groups excluding carboxylic acids is 1. The van der Waals surface area contributed by atoms with Crippen molar-refractivity contribution >= 4 is 23.4 Å². The van der Waals surface area contributed by atoms with Crippen LogP contribution in [-0.2, 0) is 4.79 Å². The Hall–Kier alpha value is -2.45. The van der Waals surface area contributed by atoms with E-state index >= 15 is 0 Å². The number of rotatable bonds is 5. The molecule has 1 N–H and O–H groups in total. The monoisotopic (exact) mass is 298 g/mol. The molecule has 0 aromatic heterocycles. The summed E-state index contributed by atoms with van der Waals surface area (Å²) >= 11 is 1.64. The van der Waals surface area contributed by atoms with Crippen molar-refractivity contribution < 1.29 is 9.53 Å². The number of amides is 1. The number of hydrogen-bond donors (Lipinski definition) is 1. The number of carbonyl (C=O) groups is 1. The van der Waals surface area contributed by atoms with Crippen LogP contribution in [0.25, 0.3) is 0 Å². The van der Waals surface area contributed by atoms with Crippen molar-refractivity contribution in [2.24, 2.45) is 0 Å². The second-order valence-electron chi connectivity index (χ2n) is 4.17. The average molecular weight is 298 g/mol. The molecule has 1 amide bonds. The summed E-state index contributed by atoms with van der Waals surface area (Å²) in [5, 5.41) is 11.6. The van der Waals surface area contributed by atoms with Crippen LogP contribution in [0, 0.1) is 11.3 Å². The fourth-order valence-corrected chi connectivity index (χ4v) is 2.10. The van der Waals surface area contributed by atoms with Gasteiger partial charge in [0.2, 0.25) is 0 Å². The zero-order valence-electron chi connectivity index (χ0n) is 11.5. The molecule has 2 aromatic carbocycles. The van der Waals surface area contributed by atoms with Crippen molar-refractivity contribution in [2.75, 3.05) is 18.2 Å². The highest BCUT2D eigenvalue weighted by Crippen LogP contribution is 2.19. The highest BCUT2D eigenvalue weighted by molar-refractivity contribution is 7.98. The molecule has 0 aliphatic heterocycles. The third-order valence-corrected chi connectivity index (χ3v) is 3.49. The van der Waals surface area contributed by atoms with Gasteiger partial charge in [0.15, 0.2) is 6.61 Å². The van der Waals surface area contributed by atoms with Crippen LogP contribution in [-0.4, -0.2) is 18.8 Å². The molecule has 0 saturated heterocycles. The van der Waals surface area contributed by atoms with E-state index in [9.17, 15) is 4.79 Å². The summed E-state index contributed by atoms with van der Waals surface area (Å²) < 4.78 is 5.41. The maximum absolute atomic E-state index is 11.8. The van der Waals surface area contributed by atoms with Gasteiger partial charge in [-0.2, -0.15) is 5.26 Å². The molecule has 0 unspecified atom stereocenters. The molecule has 0 fully saturated rings. The molecule has 0 saturated carbocycles. The van der Waals surface area contributed by atoms with Crippen molar-refractivity contribution in [1.29, 1.82) is 5.26 Å². The fraction of sp³-hybridized carbons (Fsp3) is 0.125. The molecule has 5 heteroatoms. The standard InChI is InChI=1S/C16H14N2O2S/c1-21-14-8-6-13(7-9-14)20-11-16(19)18-15-5-3-2-4-12(15)10-17/h2-9H,11H2,1H3,(H,18,19). The molecular weight excluding hydrogens is 284 g/mol. The molecule has 2 aromatic rings. The zero-order chi connectivity index (χ0) is 15.1. The number of anilines is 1. The highest BCUT2D eigenvalue weighted by atomic mass is 32.2. The van der Waals surface area contributed by atoms with Crippen LogP contribution >= 0.6 is 11.8 Å². The first-order valence-electron chi connectivity index (χ1n) is 6.29. The first kappa shape index (κ1) is 14.9. The maximum atomic E-state index is 11.8. The Balaban J connectivity index is 1.91. The summed E-state index contributed by atoms with van der Waals surface area (Å²) in [5.41, 5.74) is 0.918. The molecule has 0 atom stereocenters. The highest BCUT2D eigenvalue weighted by Gasteiger charge is 2.07. The smallest absolute Gasteiger partial charge is 0.262 e. The summed E-state index contributed by atoms with van der Waals surface area (Å²) in [6.45, 7) is -0.0988. The number of benzene rings is 2. The van der Waals surface area contributed by atoms with Gasteiger partial charge in [0.25, 0.3) is 5.91 Å². The summed E-state index contributed by atoms with van der Waals surface area (Å²) in [5.74, 6) is 0.336. The van der Waals surface area contributed by atoms with Crippen molar-refractivity contribution in [3.05, 3.63) is 54.1 Å². The van der Waals surface area contributed by atoms with Crippen molar-refractivity contribution in [3.8, 4) is 11.8 Å². The van der Waals surface area contributed by atoms with Gasteiger partial charge in [-0.1, -0.05) is 12.1 Å². The van der Waals surface area contributed by atoms with Gasteiger partial charge in [-0.15, -0.1) is 11.8 Å². The minimum atomic E-state index is -0.299. The van der Waals surface area contributed by atoms with E-state index in [2.05, 4.69) is 5.32 Å². The van der Waals surface area contributed by atoms with Crippen LogP contribution in [0.15, 0.2) is 53.4 Å². The second-order valence-corrected chi connectivity index (χ2v) is 5.05. The molecule has 0 spiro atoms. The Morgan fingerprint density at radius 2 is 1.95 bits per heavy atom. The summed E-state index contributed by atoms with van der Waals surface area (Å²) in [6, 6.07) is 16.4. The Morgan fingerprint density at radius 1 is 1.24 bits per heavy atom. The topological polar surface area (TPSA) is 62.1 Å². The molecule has 21 heavy (non-hydrogen) atoms. The maximum Gasteiger partial charge on any atom is 0.262 e. The van der Waals surface area contributed by atoms with Crippen molar-refractivity contribution in [3.63, 3.8) is 0 Å². The molecule has 0 aliphatic carbocycles. The quantitative estimate of drug-likeness (QED) is 0.860. The minimum Gasteiger partial charge on any atom is -0.484 e. The van der Waals surface area contributed by atoms with Crippen LogP contribution in [0.5, 0.6) is 5.75 Å². The Kier molecular flexibility index (Phi) is 5.24. The number of para-hydroxylation sites is 1. The number of nitrogens with zero attached hydrogens (tertiary/aromatic N) is 1. The predicted molar refractivity (Wildman–Crippen MR) is 83.5 cm³/mol. The molecule has 2 rings (SSSR count).